The van der Waals surface area contributed by atoms with Gasteiger partial charge in [-0.05, 0) is 55.7 Å². The lowest BCUT2D eigenvalue weighted by Gasteiger charge is -2.33. The predicted molar refractivity (Wildman–Crippen MR) is 95.1 cm³/mol. The molecule has 0 N–H and O–H groups in total. The van der Waals surface area contributed by atoms with E-state index in [9.17, 15) is 4.79 Å². The van der Waals surface area contributed by atoms with E-state index in [1.54, 1.807) is 0 Å². The molecule has 1 unspecified atom stereocenters. The number of carbonyl (C=O) groups excluding carboxylic acids is 1. The zero-order valence-corrected chi connectivity index (χ0v) is 14.2. The first-order valence-corrected chi connectivity index (χ1v) is 9.25. The Labute approximate surface area is 144 Å². The highest BCUT2D eigenvalue weighted by atomic mass is 16.5. The number of benzene rings is 1. The van der Waals surface area contributed by atoms with Crippen LogP contribution in [-0.4, -0.2) is 43.2 Å². The summed E-state index contributed by atoms with van der Waals surface area (Å²) in [6.07, 6.45) is 9.38. The highest BCUT2D eigenvalue weighted by Gasteiger charge is 2.31. The number of anilines is 1. The number of likely N-dealkylation sites (tertiary alicyclic amines) is 1. The Bertz CT molecular complexity index is 597. The van der Waals surface area contributed by atoms with Gasteiger partial charge in [0, 0.05) is 38.1 Å². The molecular formula is C20H26N2O2. The summed E-state index contributed by atoms with van der Waals surface area (Å²) in [5, 5.41) is 0. The second kappa shape index (κ2) is 6.98. The first-order valence-electron chi connectivity index (χ1n) is 9.25. The molecule has 2 fully saturated rings. The largest absolute Gasteiger partial charge is 0.368 e. The monoisotopic (exact) mass is 326 g/mol. The van der Waals surface area contributed by atoms with Gasteiger partial charge >= 0.3 is 0 Å². The van der Waals surface area contributed by atoms with Crippen LogP contribution < -0.4 is 4.90 Å². The predicted octanol–water partition coefficient (Wildman–Crippen LogP) is 3.30. The van der Waals surface area contributed by atoms with Gasteiger partial charge in [0.2, 0.25) is 0 Å². The molecule has 1 amide bonds. The number of hydrogen-bond donors (Lipinski definition) is 0. The highest BCUT2D eigenvalue weighted by molar-refractivity contribution is 5.81. The maximum absolute atomic E-state index is 12.4. The van der Waals surface area contributed by atoms with Crippen LogP contribution in [0.4, 0.5) is 5.69 Å². The third kappa shape index (κ3) is 3.20. The number of hydrogen-bond acceptors (Lipinski definition) is 3. The van der Waals surface area contributed by atoms with E-state index in [0.717, 1.165) is 58.3 Å². The molecule has 1 aromatic rings. The number of rotatable bonds is 3. The lowest BCUT2D eigenvalue weighted by molar-refractivity contribution is -0.142. The van der Waals surface area contributed by atoms with Crippen molar-refractivity contribution in [1.82, 2.24) is 4.90 Å². The molecule has 0 bridgehead atoms. The molecule has 128 valence electrons. The number of ether oxygens (including phenoxy) is 1. The Morgan fingerprint density at radius 2 is 1.83 bits per heavy atom. The smallest absolute Gasteiger partial charge is 0.251 e. The van der Waals surface area contributed by atoms with Crippen molar-refractivity contribution in [3.05, 3.63) is 42.1 Å². The van der Waals surface area contributed by atoms with Gasteiger partial charge < -0.3 is 14.5 Å². The summed E-state index contributed by atoms with van der Waals surface area (Å²) in [4.78, 5) is 16.7. The summed E-state index contributed by atoms with van der Waals surface area (Å²) >= 11 is 0. The molecular weight excluding hydrogens is 300 g/mol. The molecule has 3 aliphatic rings. The second-order valence-corrected chi connectivity index (χ2v) is 7.06. The standard InChI is InChI=1S/C20H26N2O2/c23-20(19-4-3-15-24-19)22-13-9-17(10-14-22)16-5-7-18(8-6-16)21-11-1-2-12-21/h1,5-8,11,17,19H,2-4,9-10,12-15H2. The van der Waals surface area contributed by atoms with Crippen molar-refractivity contribution in [3.63, 3.8) is 0 Å². The zero-order chi connectivity index (χ0) is 16.4. The van der Waals surface area contributed by atoms with Crippen LogP contribution in [-0.2, 0) is 9.53 Å². The molecule has 3 aliphatic heterocycles. The summed E-state index contributed by atoms with van der Waals surface area (Å²) in [6.45, 7) is 3.55. The van der Waals surface area contributed by atoms with E-state index in [4.69, 9.17) is 4.74 Å². The molecule has 0 saturated carbocycles. The molecule has 4 rings (SSSR count). The van der Waals surface area contributed by atoms with E-state index in [2.05, 4.69) is 41.4 Å². The lowest BCUT2D eigenvalue weighted by atomic mass is 9.89. The molecule has 0 aliphatic carbocycles. The van der Waals surface area contributed by atoms with Gasteiger partial charge in [0.25, 0.3) is 5.91 Å². The Hall–Kier alpha value is -1.81. The fourth-order valence-corrected chi connectivity index (χ4v) is 4.05. The minimum Gasteiger partial charge on any atom is -0.368 e. The van der Waals surface area contributed by atoms with Crippen LogP contribution in [0.3, 0.4) is 0 Å². The number of carbonyl (C=O) groups is 1. The number of amides is 1. The van der Waals surface area contributed by atoms with E-state index in [1.165, 1.54) is 11.3 Å². The summed E-state index contributed by atoms with van der Waals surface area (Å²) in [5.41, 5.74) is 2.68. The van der Waals surface area contributed by atoms with Gasteiger partial charge in [-0.2, -0.15) is 0 Å². The van der Waals surface area contributed by atoms with Gasteiger partial charge in [0.15, 0.2) is 0 Å². The third-order valence-electron chi connectivity index (χ3n) is 5.53. The van der Waals surface area contributed by atoms with Crippen molar-refractivity contribution in [2.75, 3.05) is 31.1 Å². The van der Waals surface area contributed by atoms with E-state index < -0.39 is 0 Å². The third-order valence-corrected chi connectivity index (χ3v) is 5.53. The maximum atomic E-state index is 12.4. The van der Waals surface area contributed by atoms with Gasteiger partial charge in [0.1, 0.15) is 6.10 Å². The molecule has 3 heterocycles. The molecule has 2 saturated heterocycles. The topological polar surface area (TPSA) is 32.8 Å². The minimum atomic E-state index is -0.172. The lowest BCUT2D eigenvalue weighted by Crippen LogP contribution is -2.43. The summed E-state index contributed by atoms with van der Waals surface area (Å²) in [7, 11) is 0. The van der Waals surface area contributed by atoms with E-state index in [0.29, 0.717) is 5.92 Å². The van der Waals surface area contributed by atoms with Crippen LogP contribution in [0, 0.1) is 0 Å². The Morgan fingerprint density at radius 1 is 1.04 bits per heavy atom. The quantitative estimate of drug-likeness (QED) is 0.854. The Kier molecular flexibility index (Phi) is 4.56. The minimum absolute atomic E-state index is 0.172. The Morgan fingerprint density at radius 3 is 2.46 bits per heavy atom. The number of piperidine rings is 1. The van der Waals surface area contributed by atoms with Crippen molar-refractivity contribution in [3.8, 4) is 0 Å². The molecule has 0 spiro atoms. The molecule has 1 aromatic carbocycles. The summed E-state index contributed by atoms with van der Waals surface area (Å²) < 4.78 is 5.54. The molecule has 4 heteroatoms. The van der Waals surface area contributed by atoms with E-state index in [-0.39, 0.29) is 12.0 Å². The molecule has 4 nitrogen and oxygen atoms in total. The van der Waals surface area contributed by atoms with Gasteiger partial charge in [-0.1, -0.05) is 18.2 Å². The van der Waals surface area contributed by atoms with Crippen LogP contribution in [0.2, 0.25) is 0 Å². The van der Waals surface area contributed by atoms with Crippen molar-refractivity contribution in [1.29, 1.82) is 0 Å². The van der Waals surface area contributed by atoms with E-state index in [1.807, 2.05) is 4.90 Å². The van der Waals surface area contributed by atoms with Crippen molar-refractivity contribution in [2.24, 2.45) is 0 Å². The fraction of sp³-hybridized carbons (Fsp3) is 0.550. The average molecular weight is 326 g/mol. The molecule has 0 radical (unpaired) electrons. The zero-order valence-electron chi connectivity index (χ0n) is 14.2. The second-order valence-electron chi connectivity index (χ2n) is 7.06. The van der Waals surface area contributed by atoms with Gasteiger partial charge in [-0.3, -0.25) is 4.79 Å². The first kappa shape index (κ1) is 15.7. The van der Waals surface area contributed by atoms with E-state index >= 15 is 0 Å². The van der Waals surface area contributed by atoms with Crippen molar-refractivity contribution < 1.29 is 9.53 Å². The summed E-state index contributed by atoms with van der Waals surface area (Å²) in [5.74, 6) is 0.781. The Balaban J connectivity index is 1.33. The summed E-state index contributed by atoms with van der Waals surface area (Å²) in [6, 6.07) is 9.00. The van der Waals surface area contributed by atoms with Crippen LogP contribution >= 0.6 is 0 Å². The van der Waals surface area contributed by atoms with Gasteiger partial charge in [-0.25, -0.2) is 0 Å². The normalized spacial score (nSPS) is 24.8. The highest BCUT2D eigenvalue weighted by Crippen LogP contribution is 2.31. The van der Waals surface area contributed by atoms with Crippen LogP contribution in [0.1, 0.15) is 43.6 Å². The first-order chi connectivity index (χ1) is 11.8. The SMILES string of the molecule is O=C(C1CCCO1)N1CCC(c2ccc(N3C=CCC3)cc2)CC1. The van der Waals surface area contributed by atoms with Crippen LogP contribution in [0.15, 0.2) is 36.5 Å². The van der Waals surface area contributed by atoms with Gasteiger partial charge in [-0.15, -0.1) is 0 Å². The molecule has 24 heavy (non-hydrogen) atoms. The van der Waals surface area contributed by atoms with Crippen LogP contribution in [0.25, 0.3) is 0 Å². The maximum Gasteiger partial charge on any atom is 0.251 e. The molecule has 0 aromatic heterocycles. The van der Waals surface area contributed by atoms with Crippen LogP contribution in [0.5, 0.6) is 0 Å². The average Bonchev–Trinajstić information content (AvgIpc) is 3.35. The van der Waals surface area contributed by atoms with Gasteiger partial charge in [0.05, 0.1) is 0 Å². The fourth-order valence-electron chi connectivity index (χ4n) is 4.05. The molecule has 1 atom stereocenters. The van der Waals surface area contributed by atoms with Crippen molar-refractivity contribution in [2.45, 2.75) is 44.1 Å². The van der Waals surface area contributed by atoms with Crippen molar-refractivity contribution >= 4 is 11.6 Å². The number of nitrogens with zero attached hydrogens (tertiary/aromatic N) is 2.